The first kappa shape index (κ1) is 25.5. The van der Waals surface area contributed by atoms with E-state index in [0.29, 0.717) is 16.3 Å². The van der Waals surface area contributed by atoms with Crippen LogP contribution in [0.5, 0.6) is 0 Å². The van der Waals surface area contributed by atoms with Crippen molar-refractivity contribution in [1.29, 1.82) is 0 Å². The highest BCUT2D eigenvalue weighted by Gasteiger charge is 2.40. The molecule has 1 aromatic heterocycles. The van der Waals surface area contributed by atoms with Crippen LogP contribution in [0, 0.1) is 11.8 Å². The summed E-state index contributed by atoms with van der Waals surface area (Å²) in [6.45, 7) is 3.66. The van der Waals surface area contributed by atoms with Crippen molar-refractivity contribution in [2.75, 3.05) is 0 Å². The Balaban J connectivity index is 1.54. The summed E-state index contributed by atoms with van der Waals surface area (Å²) in [6, 6.07) is 9.50. The van der Waals surface area contributed by atoms with Gasteiger partial charge in [-0.3, -0.25) is 0 Å². The Morgan fingerprint density at radius 3 is 2.62 bits per heavy atom. The van der Waals surface area contributed by atoms with E-state index in [1.165, 1.54) is 11.3 Å². The van der Waals surface area contributed by atoms with E-state index in [9.17, 15) is 15.0 Å². The van der Waals surface area contributed by atoms with Crippen molar-refractivity contribution in [2.24, 2.45) is 11.8 Å². The van der Waals surface area contributed by atoms with E-state index in [1.807, 2.05) is 38.1 Å². The quantitative estimate of drug-likeness (QED) is 0.310. The number of ether oxygens (including phenoxy) is 1. The van der Waals surface area contributed by atoms with Crippen molar-refractivity contribution in [3.05, 3.63) is 56.2 Å². The van der Waals surface area contributed by atoms with E-state index < -0.39 is 6.10 Å². The molecule has 0 spiro atoms. The summed E-state index contributed by atoms with van der Waals surface area (Å²) < 4.78 is 5.26. The average Bonchev–Trinajstić information content (AvgIpc) is 3.30. The van der Waals surface area contributed by atoms with Crippen molar-refractivity contribution in [2.45, 2.75) is 76.6 Å². The number of rotatable bonds is 10. The molecule has 0 saturated heterocycles. The molecule has 176 valence electrons. The van der Waals surface area contributed by atoms with E-state index in [1.54, 1.807) is 6.07 Å². The van der Waals surface area contributed by atoms with Crippen molar-refractivity contribution < 1.29 is 19.7 Å². The Bertz CT molecular complexity index is 898. The van der Waals surface area contributed by atoms with Gasteiger partial charge in [-0.05, 0) is 99.6 Å². The van der Waals surface area contributed by atoms with Crippen molar-refractivity contribution in [3.8, 4) is 0 Å². The molecule has 1 fully saturated rings. The Morgan fingerprint density at radius 2 is 1.91 bits per heavy atom. The van der Waals surface area contributed by atoms with Gasteiger partial charge >= 0.3 is 5.97 Å². The highest BCUT2D eigenvalue weighted by Crippen LogP contribution is 2.41. The van der Waals surface area contributed by atoms with Crippen LogP contribution in [0.15, 0.2) is 30.3 Å². The summed E-state index contributed by atoms with van der Waals surface area (Å²) in [6.07, 6.45) is 4.53. The predicted octanol–water partition coefficient (Wildman–Crippen LogP) is 6.02. The first-order chi connectivity index (χ1) is 15.3. The summed E-state index contributed by atoms with van der Waals surface area (Å²) >= 11 is 14.3. The van der Waals surface area contributed by atoms with Gasteiger partial charge in [0.15, 0.2) is 0 Å². The lowest BCUT2D eigenvalue weighted by molar-refractivity contribution is 0.0384. The molecule has 1 aliphatic carbocycles. The van der Waals surface area contributed by atoms with Crippen molar-refractivity contribution in [3.63, 3.8) is 0 Å². The fourth-order valence-electron chi connectivity index (χ4n) is 4.63. The third-order valence-corrected chi connectivity index (χ3v) is 7.95. The lowest BCUT2D eigenvalue weighted by Crippen LogP contribution is -2.21. The zero-order chi connectivity index (χ0) is 23.3. The van der Waals surface area contributed by atoms with Gasteiger partial charge in [0.1, 0.15) is 4.88 Å². The fourth-order valence-corrected chi connectivity index (χ4v) is 6.34. The number of hydrogen-bond donors (Lipinski definition) is 2. The maximum atomic E-state index is 12.0. The second-order valence-corrected chi connectivity index (χ2v) is 11.1. The molecule has 3 rings (SSSR count). The Labute approximate surface area is 204 Å². The molecule has 2 N–H and O–H groups in total. The van der Waals surface area contributed by atoms with Crippen LogP contribution in [0.3, 0.4) is 0 Å². The standard InChI is InChI=1S/C25H32Cl2O4S/c1-15(2)31-25(30)24-9-7-19(32-24)4-3-5-20-21(23(29)13-22(20)27)8-6-16-10-17(14-28)12-18(26)11-16/h7,9-12,15,20-23,28-29H,3-6,8,13-14H2,1-2H3/t20?,21-,22-,23-/m1/s1. The Morgan fingerprint density at radius 1 is 1.16 bits per heavy atom. The van der Waals surface area contributed by atoms with Gasteiger partial charge in [-0.1, -0.05) is 17.7 Å². The topological polar surface area (TPSA) is 66.8 Å². The number of aliphatic hydroxyl groups excluding tert-OH is 2. The molecule has 32 heavy (non-hydrogen) atoms. The lowest BCUT2D eigenvalue weighted by atomic mass is 9.85. The summed E-state index contributed by atoms with van der Waals surface area (Å²) in [5, 5.41) is 20.6. The first-order valence-electron chi connectivity index (χ1n) is 11.3. The Hall–Kier alpha value is -1.11. The van der Waals surface area contributed by atoms with Gasteiger partial charge in [0.25, 0.3) is 0 Å². The minimum Gasteiger partial charge on any atom is -0.459 e. The number of halogens is 2. The van der Waals surface area contributed by atoms with E-state index in [4.69, 9.17) is 27.9 Å². The predicted molar refractivity (Wildman–Crippen MR) is 131 cm³/mol. The highest BCUT2D eigenvalue weighted by molar-refractivity contribution is 7.13. The van der Waals surface area contributed by atoms with Crippen LogP contribution >= 0.6 is 34.5 Å². The van der Waals surface area contributed by atoms with Crippen LogP contribution in [0.2, 0.25) is 5.02 Å². The molecule has 0 radical (unpaired) electrons. The Kier molecular flexibility index (Phi) is 9.44. The number of aliphatic hydroxyl groups is 2. The van der Waals surface area contributed by atoms with Gasteiger partial charge in [-0.25, -0.2) is 4.79 Å². The van der Waals surface area contributed by atoms with Crippen molar-refractivity contribution >= 4 is 40.5 Å². The maximum absolute atomic E-state index is 12.0. The number of aryl methyl sites for hydroxylation is 2. The number of carbonyl (C=O) groups is 1. The van der Waals surface area contributed by atoms with Crippen LogP contribution in [0.1, 0.15) is 65.2 Å². The van der Waals surface area contributed by atoms with Gasteiger partial charge in [-0.15, -0.1) is 22.9 Å². The van der Waals surface area contributed by atoms with Gasteiger partial charge in [0.2, 0.25) is 0 Å². The molecule has 1 unspecified atom stereocenters. The third-order valence-electron chi connectivity index (χ3n) is 6.11. The molecule has 1 aromatic carbocycles. The SMILES string of the molecule is CC(C)OC(=O)c1ccc(CCCC2[C@H](Cl)C[C@@H](O)[C@@H]2CCc2cc(Cl)cc(CO)c2)s1. The number of hydrogen-bond acceptors (Lipinski definition) is 5. The third kappa shape index (κ3) is 6.94. The molecular formula is C25H32Cl2O4S. The smallest absolute Gasteiger partial charge is 0.348 e. The maximum Gasteiger partial charge on any atom is 0.348 e. The molecule has 1 saturated carbocycles. The molecule has 7 heteroatoms. The minimum atomic E-state index is -0.391. The normalized spacial score (nSPS) is 23.1. The number of esters is 1. The molecular weight excluding hydrogens is 467 g/mol. The number of carbonyl (C=O) groups excluding carboxylic acids is 1. The first-order valence-corrected chi connectivity index (χ1v) is 12.9. The summed E-state index contributed by atoms with van der Waals surface area (Å²) in [5.74, 6) is 0.142. The van der Waals surface area contributed by atoms with Gasteiger partial charge < -0.3 is 14.9 Å². The number of alkyl halides is 1. The lowest BCUT2D eigenvalue weighted by Gasteiger charge is -2.23. The molecule has 0 aliphatic heterocycles. The van der Waals surface area contributed by atoms with E-state index >= 15 is 0 Å². The van der Waals surface area contributed by atoms with E-state index in [-0.39, 0.29) is 35.9 Å². The zero-order valence-corrected chi connectivity index (χ0v) is 20.9. The molecule has 0 bridgehead atoms. The van der Waals surface area contributed by atoms with Gasteiger partial charge in [0.05, 0.1) is 18.8 Å². The summed E-state index contributed by atoms with van der Waals surface area (Å²) in [4.78, 5) is 13.8. The second-order valence-electron chi connectivity index (χ2n) is 8.92. The average molecular weight is 500 g/mol. The fraction of sp³-hybridized carbons (Fsp3) is 0.560. The number of benzene rings is 1. The second kappa shape index (κ2) is 11.8. The number of thiophene rings is 1. The van der Waals surface area contributed by atoms with Crippen molar-refractivity contribution in [1.82, 2.24) is 0 Å². The molecule has 4 nitrogen and oxygen atoms in total. The molecule has 1 heterocycles. The summed E-state index contributed by atoms with van der Waals surface area (Å²) in [7, 11) is 0. The van der Waals surface area contributed by atoms with E-state index in [2.05, 4.69) is 0 Å². The van der Waals surface area contributed by atoms with Crippen LogP contribution in [0.25, 0.3) is 0 Å². The molecule has 1 aliphatic rings. The van der Waals surface area contributed by atoms with Gasteiger partial charge in [0, 0.05) is 15.3 Å². The van der Waals surface area contributed by atoms with Crippen LogP contribution in [0.4, 0.5) is 0 Å². The largest absolute Gasteiger partial charge is 0.459 e. The molecule has 2 aromatic rings. The van der Waals surface area contributed by atoms with Gasteiger partial charge in [-0.2, -0.15) is 0 Å². The highest BCUT2D eigenvalue weighted by atomic mass is 35.5. The minimum absolute atomic E-state index is 0.0257. The zero-order valence-electron chi connectivity index (χ0n) is 18.6. The summed E-state index contributed by atoms with van der Waals surface area (Å²) in [5.41, 5.74) is 1.88. The van der Waals surface area contributed by atoms with Crippen LogP contribution in [-0.4, -0.2) is 33.8 Å². The molecule has 4 atom stereocenters. The van der Waals surface area contributed by atoms with Crippen LogP contribution < -0.4 is 0 Å². The monoisotopic (exact) mass is 498 g/mol. The van der Waals surface area contributed by atoms with Crippen LogP contribution in [-0.2, 0) is 24.2 Å². The molecule has 0 amide bonds. The van der Waals surface area contributed by atoms with E-state index in [0.717, 1.165) is 48.1 Å².